The number of methoxy groups -OCH3 is 2. The predicted octanol–water partition coefficient (Wildman–Crippen LogP) is 6.49. The third-order valence-electron chi connectivity index (χ3n) is 11.6. The van der Waals surface area contributed by atoms with E-state index in [1.54, 1.807) is 0 Å². The van der Waals surface area contributed by atoms with Crippen LogP contribution in [-0.2, 0) is 19.1 Å². The first-order valence-electron chi connectivity index (χ1n) is 19.4. The zero-order valence-electron chi connectivity index (χ0n) is 32.0. The number of carbonyl (C=O) groups is 4. The van der Waals surface area contributed by atoms with Gasteiger partial charge in [-0.2, -0.15) is 0 Å². The molecule has 290 valence electrons. The second kappa shape index (κ2) is 16.5. The van der Waals surface area contributed by atoms with Crippen molar-refractivity contribution in [3.8, 4) is 22.4 Å². The summed E-state index contributed by atoms with van der Waals surface area (Å²) in [4.78, 5) is 67.5. The van der Waals surface area contributed by atoms with Crippen LogP contribution in [0.3, 0.4) is 0 Å². The van der Waals surface area contributed by atoms with Crippen molar-refractivity contribution in [2.24, 2.45) is 16.8 Å². The fourth-order valence-corrected chi connectivity index (χ4v) is 8.57. The number of aromatic amines is 1. The zero-order valence-corrected chi connectivity index (χ0v) is 32.0. The molecule has 5 atom stereocenters. The maximum atomic E-state index is 13.6. The number of ether oxygens (including phenoxy) is 2. The van der Waals surface area contributed by atoms with Crippen molar-refractivity contribution in [2.75, 3.05) is 27.3 Å². The van der Waals surface area contributed by atoms with Gasteiger partial charge in [0, 0.05) is 43.4 Å². The average Bonchev–Trinajstić information content (AvgIpc) is 4.05. The van der Waals surface area contributed by atoms with E-state index in [1.807, 2.05) is 36.0 Å². The molecule has 7 rings (SSSR count). The summed E-state index contributed by atoms with van der Waals surface area (Å²) in [7, 11) is 2.65. The highest BCUT2D eigenvalue weighted by Gasteiger charge is 2.40. The molecule has 3 aromatic rings. The molecule has 1 aromatic heterocycles. The largest absolute Gasteiger partial charge is 0.453 e. The number of imidazole rings is 1. The predicted molar refractivity (Wildman–Crippen MR) is 209 cm³/mol. The maximum absolute atomic E-state index is 13.6. The molecule has 2 aromatic carbocycles. The van der Waals surface area contributed by atoms with Crippen molar-refractivity contribution >= 4 is 35.3 Å². The van der Waals surface area contributed by atoms with Crippen LogP contribution in [0.4, 0.5) is 9.59 Å². The smallest absolute Gasteiger partial charge is 0.407 e. The van der Waals surface area contributed by atoms with Gasteiger partial charge in [-0.05, 0) is 78.7 Å². The lowest BCUT2D eigenvalue weighted by atomic mass is 9.96. The minimum Gasteiger partial charge on any atom is -0.453 e. The van der Waals surface area contributed by atoms with Gasteiger partial charge in [-0.15, -0.1) is 0 Å². The maximum Gasteiger partial charge on any atom is 0.407 e. The van der Waals surface area contributed by atoms with Crippen LogP contribution in [0.25, 0.3) is 28.0 Å². The Morgan fingerprint density at radius 2 is 1.44 bits per heavy atom. The van der Waals surface area contributed by atoms with Crippen LogP contribution in [0, 0.1) is 11.8 Å². The van der Waals surface area contributed by atoms with Crippen molar-refractivity contribution < 1.29 is 28.7 Å². The van der Waals surface area contributed by atoms with Gasteiger partial charge in [-0.25, -0.2) is 14.6 Å². The zero-order chi connectivity index (χ0) is 38.6. The molecule has 13 heteroatoms. The topological polar surface area (TPSA) is 158 Å². The molecule has 4 aliphatic rings. The third kappa shape index (κ3) is 8.16. The summed E-state index contributed by atoms with van der Waals surface area (Å²) in [5.74, 6) is 0.595. The molecule has 3 fully saturated rings. The first-order chi connectivity index (χ1) is 26.6. The number of benzene rings is 2. The lowest BCUT2D eigenvalue weighted by molar-refractivity contribution is -0.136. The number of H-pyrrole nitrogens is 1. The number of hydrogen-bond acceptors (Lipinski definition) is 8. The van der Waals surface area contributed by atoms with Crippen molar-refractivity contribution in [2.45, 2.75) is 89.4 Å². The number of likely N-dealkylation sites (tertiary alicyclic amines) is 2. The molecule has 0 unspecified atom stereocenters. The number of alkyl carbamates (subject to hydrolysis) is 2. The molecule has 0 spiro atoms. The summed E-state index contributed by atoms with van der Waals surface area (Å²) in [5, 5.41) is 5.55. The summed E-state index contributed by atoms with van der Waals surface area (Å²) in [6, 6.07) is 16.0. The Balaban J connectivity index is 0.946. The summed E-state index contributed by atoms with van der Waals surface area (Å²) < 4.78 is 9.50. The standard InChI is InChI=1S/C42H51N7O6/c1-25(2)37(47-42(53)55-4)40(51)49-20-6-8-36(49)38-44-24-34(46-38)29-15-13-27(14-16-29)26-9-11-28(12-10-26)31-22-33(43-23-31)35-7-5-19-48(35)39(50)30-17-18-32(21-30)45-41(52)54-3/h9-16,23-25,30,32,35-37H,5-8,17-22H2,1-4H3,(H,44,46)(H,45,52)(H,47,53)/t30-,32+,35-,36-,37-/m0/s1. The second-order valence-corrected chi connectivity index (χ2v) is 15.4. The Morgan fingerprint density at radius 3 is 2.11 bits per heavy atom. The molecule has 1 aliphatic carbocycles. The number of carbonyl (C=O) groups excluding carboxylic acids is 4. The van der Waals surface area contributed by atoms with Gasteiger partial charge < -0.3 is 34.9 Å². The molecule has 4 amide bonds. The van der Waals surface area contributed by atoms with E-state index in [2.05, 4.69) is 69.1 Å². The average molecular weight is 750 g/mol. The molecule has 55 heavy (non-hydrogen) atoms. The van der Waals surface area contributed by atoms with Crippen LogP contribution in [0.5, 0.6) is 0 Å². The molecular weight excluding hydrogens is 699 g/mol. The lowest BCUT2D eigenvalue weighted by Crippen LogP contribution is -2.51. The number of aliphatic imine (C=N–C) groups is 1. The quantitative estimate of drug-likeness (QED) is 0.214. The fourth-order valence-electron chi connectivity index (χ4n) is 8.57. The van der Waals surface area contributed by atoms with Crippen molar-refractivity contribution in [3.05, 3.63) is 72.3 Å². The Kier molecular flexibility index (Phi) is 11.4. The van der Waals surface area contributed by atoms with Gasteiger partial charge in [0.05, 0.1) is 38.2 Å². The van der Waals surface area contributed by atoms with Crippen LogP contribution >= 0.6 is 0 Å². The van der Waals surface area contributed by atoms with Gasteiger partial charge in [-0.1, -0.05) is 62.4 Å². The van der Waals surface area contributed by atoms with E-state index in [1.165, 1.54) is 14.2 Å². The molecule has 0 radical (unpaired) electrons. The van der Waals surface area contributed by atoms with Crippen molar-refractivity contribution in [1.29, 1.82) is 0 Å². The Hall–Kier alpha value is -5.46. The van der Waals surface area contributed by atoms with Gasteiger partial charge in [-0.3, -0.25) is 14.6 Å². The molecule has 1 saturated carbocycles. The van der Waals surface area contributed by atoms with Gasteiger partial charge in [0.15, 0.2) is 0 Å². The van der Waals surface area contributed by atoms with E-state index in [0.29, 0.717) is 13.0 Å². The van der Waals surface area contributed by atoms with Crippen LogP contribution in [0.2, 0.25) is 0 Å². The number of hydrogen-bond donors (Lipinski definition) is 3. The van der Waals surface area contributed by atoms with Crippen LogP contribution in [0.15, 0.2) is 65.9 Å². The molecule has 4 heterocycles. The molecule has 13 nitrogen and oxygen atoms in total. The normalized spacial score (nSPS) is 22.7. The highest BCUT2D eigenvalue weighted by molar-refractivity contribution is 6.03. The van der Waals surface area contributed by atoms with Crippen LogP contribution in [0.1, 0.15) is 82.6 Å². The Labute approximate surface area is 322 Å². The number of nitrogens with zero attached hydrogens (tertiary/aromatic N) is 4. The molecule has 3 aliphatic heterocycles. The minimum atomic E-state index is -0.680. The molecule has 2 saturated heterocycles. The van der Waals surface area contributed by atoms with E-state index in [4.69, 9.17) is 14.5 Å². The Bertz CT molecular complexity index is 1950. The number of nitrogens with one attached hydrogen (secondary N) is 3. The van der Waals surface area contributed by atoms with Crippen LogP contribution < -0.4 is 10.6 Å². The number of aromatic nitrogens is 2. The summed E-state index contributed by atoms with van der Waals surface area (Å²) in [6.07, 6.45) is 9.16. The lowest BCUT2D eigenvalue weighted by Gasteiger charge is -2.30. The van der Waals surface area contributed by atoms with E-state index in [0.717, 1.165) is 96.5 Å². The fraction of sp³-hybridized carbons (Fsp3) is 0.476. The highest BCUT2D eigenvalue weighted by atomic mass is 16.5. The SMILES string of the molecule is COC(=O)N[C@@H]1CC[C@H](C(=O)N2CCC[C@H]2C2=NC=C(c3ccc(-c4ccc(-c5cnc([C@@H]6CCCN6C(=O)[C@@H](NC(=O)OC)C(C)C)[nH]5)cc4)cc3)C2)C1. The summed E-state index contributed by atoms with van der Waals surface area (Å²) in [6.45, 7) is 5.16. The van der Waals surface area contributed by atoms with E-state index in [-0.39, 0.29) is 41.8 Å². The first kappa shape index (κ1) is 37.8. The van der Waals surface area contributed by atoms with E-state index < -0.39 is 18.2 Å². The molecule has 0 bridgehead atoms. The number of amides is 4. The number of allylic oxidation sites excluding steroid dienone is 1. The van der Waals surface area contributed by atoms with Gasteiger partial charge in [0.2, 0.25) is 11.8 Å². The summed E-state index contributed by atoms with van der Waals surface area (Å²) >= 11 is 0. The van der Waals surface area contributed by atoms with Crippen molar-refractivity contribution in [1.82, 2.24) is 30.4 Å². The first-order valence-corrected chi connectivity index (χ1v) is 19.4. The molecular formula is C42H51N7O6. The van der Waals surface area contributed by atoms with Gasteiger partial charge in [0.25, 0.3) is 0 Å². The van der Waals surface area contributed by atoms with E-state index in [9.17, 15) is 19.2 Å². The highest BCUT2D eigenvalue weighted by Crippen LogP contribution is 2.36. The van der Waals surface area contributed by atoms with Crippen LogP contribution in [-0.4, -0.2) is 94.9 Å². The van der Waals surface area contributed by atoms with Crippen molar-refractivity contribution in [3.63, 3.8) is 0 Å². The Morgan fingerprint density at radius 1 is 0.800 bits per heavy atom. The van der Waals surface area contributed by atoms with Gasteiger partial charge in [0.1, 0.15) is 11.9 Å². The van der Waals surface area contributed by atoms with Gasteiger partial charge >= 0.3 is 12.2 Å². The van der Waals surface area contributed by atoms with E-state index >= 15 is 0 Å². The molecule has 3 N–H and O–H groups in total. The number of rotatable bonds is 10. The second-order valence-electron chi connectivity index (χ2n) is 15.4. The third-order valence-corrected chi connectivity index (χ3v) is 11.6. The minimum absolute atomic E-state index is 0.0183. The summed E-state index contributed by atoms with van der Waals surface area (Å²) in [5.41, 5.74) is 7.38. The monoisotopic (exact) mass is 749 g/mol.